The fourth-order valence-electron chi connectivity index (χ4n) is 1.95. The van der Waals surface area contributed by atoms with E-state index in [1.165, 1.54) is 6.07 Å². The molecule has 20 heavy (non-hydrogen) atoms. The van der Waals surface area contributed by atoms with Gasteiger partial charge in [-0.3, -0.25) is 19.8 Å². The Kier molecular flexibility index (Phi) is 3.39. The number of rotatable bonds is 5. The van der Waals surface area contributed by atoms with E-state index in [2.05, 4.69) is 20.8 Å². The first kappa shape index (κ1) is 12.7. The summed E-state index contributed by atoms with van der Waals surface area (Å²) in [4.78, 5) is 22.7. The Balaban J connectivity index is 1.60. The van der Waals surface area contributed by atoms with Crippen LogP contribution in [0, 0.1) is 0 Å². The van der Waals surface area contributed by atoms with E-state index in [1.807, 2.05) is 24.3 Å². The van der Waals surface area contributed by atoms with Crippen LogP contribution < -0.4 is 16.2 Å². The van der Waals surface area contributed by atoms with Gasteiger partial charge in [0.1, 0.15) is 0 Å². The van der Waals surface area contributed by atoms with Gasteiger partial charge in [-0.15, -0.1) is 0 Å². The van der Waals surface area contributed by atoms with Gasteiger partial charge >= 0.3 is 0 Å². The van der Waals surface area contributed by atoms with E-state index in [0.717, 1.165) is 29.8 Å². The fraction of sp³-hybridized carbons (Fsp3) is 0.286. The lowest BCUT2D eigenvalue weighted by atomic mass is 10.1. The van der Waals surface area contributed by atoms with Gasteiger partial charge in [-0.25, -0.2) is 0 Å². The molecule has 0 saturated heterocycles. The Labute approximate surface area is 115 Å². The molecule has 1 amide bonds. The van der Waals surface area contributed by atoms with Gasteiger partial charge < -0.3 is 10.6 Å². The number of aromatic amines is 2. The lowest BCUT2D eigenvalue weighted by Crippen LogP contribution is -2.29. The van der Waals surface area contributed by atoms with Crippen LogP contribution in [0.15, 0.2) is 35.1 Å². The van der Waals surface area contributed by atoms with Crippen LogP contribution in [-0.2, 0) is 4.79 Å². The molecule has 3 rings (SSSR count). The van der Waals surface area contributed by atoms with Gasteiger partial charge in [0.05, 0.1) is 12.2 Å². The number of carbonyl (C=O) groups is 1. The second kappa shape index (κ2) is 5.34. The first-order chi connectivity index (χ1) is 9.70. The summed E-state index contributed by atoms with van der Waals surface area (Å²) >= 11 is 0. The summed E-state index contributed by atoms with van der Waals surface area (Å²) in [5, 5.41) is 11.3. The first-order valence-electron chi connectivity index (χ1n) is 6.62. The van der Waals surface area contributed by atoms with Crippen LogP contribution in [-0.4, -0.2) is 28.7 Å². The van der Waals surface area contributed by atoms with Crippen molar-refractivity contribution in [2.75, 3.05) is 11.9 Å². The zero-order valence-electron chi connectivity index (χ0n) is 10.9. The molecule has 6 nitrogen and oxygen atoms in total. The number of H-pyrrole nitrogens is 2. The average molecular weight is 272 g/mol. The minimum Gasteiger partial charge on any atom is -0.325 e. The molecular formula is C14H16N4O2. The number of anilines is 1. The van der Waals surface area contributed by atoms with Crippen molar-refractivity contribution < 1.29 is 4.79 Å². The average Bonchev–Trinajstić information content (AvgIpc) is 3.18. The number of amides is 1. The van der Waals surface area contributed by atoms with Crippen LogP contribution in [0.1, 0.15) is 12.8 Å². The maximum Gasteiger partial charge on any atom is 0.264 e. The topological polar surface area (TPSA) is 89.8 Å². The van der Waals surface area contributed by atoms with Crippen LogP contribution in [0.25, 0.3) is 11.3 Å². The molecule has 6 heteroatoms. The number of hydrogen-bond acceptors (Lipinski definition) is 3. The van der Waals surface area contributed by atoms with Crippen molar-refractivity contribution in [3.05, 3.63) is 40.7 Å². The maximum atomic E-state index is 11.7. The molecule has 0 atom stereocenters. The third-order valence-corrected chi connectivity index (χ3v) is 3.20. The molecule has 0 unspecified atom stereocenters. The molecular weight excluding hydrogens is 256 g/mol. The van der Waals surface area contributed by atoms with E-state index in [-0.39, 0.29) is 11.5 Å². The minimum absolute atomic E-state index is 0.0419. The standard InChI is InChI=1S/C14H16N4O2/c19-13-7-12(17-18-13)9-1-3-11(4-2-9)16-14(20)8-15-10-5-6-10/h1-4,7,10,15H,5-6,8H2,(H,16,20)(H2,17,18,19). The Bertz CT molecular complexity index is 652. The highest BCUT2D eigenvalue weighted by Gasteiger charge is 2.21. The summed E-state index contributed by atoms with van der Waals surface area (Å²) in [6, 6.07) is 9.35. The predicted molar refractivity (Wildman–Crippen MR) is 76.5 cm³/mol. The smallest absolute Gasteiger partial charge is 0.264 e. The van der Waals surface area contributed by atoms with E-state index in [4.69, 9.17) is 0 Å². The van der Waals surface area contributed by atoms with Crippen LogP contribution in [0.3, 0.4) is 0 Å². The van der Waals surface area contributed by atoms with Crippen molar-refractivity contribution in [1.29, 1.82) is 0 Å². The van der Waals surface area contributed by atoms with E-state index in [1.54, 1.807) is 0 Å². The van der Waals surface area contributed by atoms with Gasteiger partial charge in [-0.1, -0.05) is 12.1 Å². The van der Waals surface area contributed by atoms with Crippen LogP contribution in [0.4, 0.5) is 5.69 Å². The zero-order chi connectivity index (χ0) is 13.9. The monoisotopic (exact) mass is 272 g/mol. The van der Waals surface area contributed by atoms with Gasteiger partial charge in [0.15, 0.2) is 0 Å². The maximum absolute atomic E-state index is 11.7. The Morgan fingerprint density at radius 1 is 1.20 bits per heavy atom. The van der Waals surface area contributed by atoms with Gasteiger partial charge in [0.25, 0.3) is 5.56 Å². The molecule has 0 bridgehead atoms. The lowest BCUT2D eigenvalue weighted by molar-refractivity contribution is -0.115. The number of nitrogens with one attached hydrogen (secondary N) is 4. The Morgan fingerprint density at radius 3 is 2.55 bits per heavy atom. The zero-order valence-corrected chi connectivity index (χ0v) is 10.9. The predicted octanol–water partition coefficient (Wildman–Crippen LogP) is 1.06. The number of benzene rings is 1. The highest BCUT2D eigenvalue weighted by Crippen LogP contribution is 2.19. The highest BCUT2D eigenvalue weighted by molar-refractivity contribution is 5.92. The van der Waals surface area contributed by atoms with Gasteiger partial charge in [-0.2, -0.15) is 0 Å². The molecule has 2 aromatic rings. The van der Waals surface area contributed by atoms with Crippen LogP contribution in [0.5, 0.6) is 0 Å². The van der Waals surface area contributed by atoms with E-state index >= 15 is 0 Å². The summed E-state index contributed by atoms with van der Waals surface area (Å²) < 4.78 is 0. The first-order valence-corrected chi connectivity index (χ1v) is 6.62. The van der Waals surface area contributed by atoms with Crippen molar-refractivity contribution in [1.82, 2.24) is 15.5 Å². The van der Waals surface area contributed by atoms with E-state index < -0.39 is 0 Å². The summed E-state index contributed by atoms with van der Waals surface area (Å²) in [6.45, 7) is 0.345. The van der Waals surface area contributed by atoms with Gasteiger partial charge in [0.2, 0.25) is 5.91 Å². The quantitative estimate of drug-likeness (QED) is 0.656. The molecule has 1 heterocycles. The van der Waals surface area contributed by atoms with Crippen LogP contribution >= 0.6 is 0 Å². The van der Waals surface area contributed by atoms with Gasteiger partial charge in [0, 0.05) is 17.8 Å². The van der Waals surface area contributed by atoms with Crippen molar-refractivity contribution in [3.63, 3.8) is 0 Å². The summed E-state index contributed by atoms with van der Waals surface area (Å²) in [6.07, 6.45) is 2.33. The molecule has 1 aromatic carbocycles. The Hall–Kier alpha value is -2.34. The van der Waals surface area contributed by atoms with Crippen molar-refractivity contribution in [3.8, 4) is 11.3 Å². The third kappa shape index (κ3) is 3.16. The Morgan fingerprint density at radius 2 is 1.95 bits per heavy atom. The van der Waals surface area contributed by atoms with E-state index in [9.17, 15) is 9.59 Å². The highest BCUT2D eigenvalue weighted by atomic mass is 16.2. The lowest BCUT2D eigenvalue weighted by Gasteiger charge is -2.06. The van der Waals surface area contributed by atoms with Crippen LogP contribution in [0.2, 0.25) is 0 Å². The molecule has 1 saturated carbocycles. The molecule has 1 aromatic heterocycles. The summed E-state index contributed by atoms with van der Waals surface area (Å²) in [7, 11) is 0. The number of carbonyl (C=O) groups excluding carboxylic acids is 1. The molecule has 1 aliphatic carbocycles. The van der Waals surface area contributed by atoms with Crippen molar-refractivity contribution in [2.24, 2.45) is 0 Å². The second-order valence-corrected chi connectivity index (χ2v) is 4.95. The number of aromatic nitrogens is 2. The molecule has 4 N–H and O–H groups in total. The van der Waals surface area contributed by atoms with Crippen molar-refractivity contribution >= 4 is 11.6 Å². The summed E-state index contributed by atoms with van der Waals surface area (Å²) in [5.74, 6) is -0.0419. The minimum atomic E-state index is -0.163. The molecule has 1 fully saturated rings. The van der Waals surface area contributed by atoms with E-state index in [0.29, 0.717) is 12.6 Å². The largest absolute Gasteiger partial charge is 0.325 e. The van der Waals surface area contributed by atoms with Crippen molar-refractivity contribution in [2.45, 2.75) is 18.9 Å². The number of hydrogen-bond donors (Lipinski definition) is 4. The molecule has 0 aliphatic heterocycles. The molecule has 0 spiro atoms. The van der Waals surface area contributed by atoms with Gasteiger partial charge in [-0.05, 0) is 30.5 Å². The third-order valence-electron chi connectivity index (χ3n) is 3.20. The molecule has 1 aliphatic rings. The molecule has 0 radical (unpaired) electrons. The summed E-state index contributed by atoms with van der Waals surface area (Å²) in [5.41, 5.74) is 2.19. The second-order valence-electron chi connectivity index (χ2n) is 4.95. The fourth-order valence-corrected chi connectivity index (χ4v) is 1.95. The molecule has 104 valence electrons. The SMILES string of the molecule is O=C(CNC1CC1)Nc1ccc(-c2cc(=O)[nH][nH]2)cc1. The normalized spacial score (nSPS) is 14.2.